The molecule has 0 saturated carbocycles. The number of rotatable bonds is 8. The molecule has 2 heterocycles. The van der Waals surface area contributed by atoms with Crippen LogP contribution in [0.5, 0.6) is 5.75 Å². The van der Waals surface area contributed by atoms with Gasteiger partial charge in [0.15, 0.2) is 5.78 Å². The van der Waals surface area contributed by atoms with Crippen molar-refractivity contribution in [2.24, 2.45) is 0 Å². The summed E-state index contributed by atoms with van der Waals surface area (Å²) in [5, 5.41) is 2.32. The summed E-state index contributed by atoms with van der Waals surface area (Å²) in [7, 11) is 4.02. The third-order valence-electron chi connectivity index (χ3n) is 6.19. The summed E-state index contributed by atoms with van der Waals surface area (Å²) in [5.41, 5.74) is 3.43. The number of hydrogen-bond donors (Lipinski definition) is 0. The third kappa shape index (κ3) is 6.15. The summed E-state index contributed by atoms with van der Waals surface area (Å²) in [6.45, 7) is 5.69. The zero-order chi connectivity index (χ0) is 24.8. The number of carbonyl (C=O) groups excluding carboxylic acids is 1. The van der Waals surface area contributed by atoms with Gasteiger partial charge >= 0.3 is 0 Å². The van der Waals surface area contributed by atoms with Gasteiger partial charge in [0.25, 0.3) is 0 Å². The first-order valence-corrected chi connectivity index (χ1v) is 11.8. The van der Waals surface area contributed by atoms with Crippen molar-refractivity contribution in [2.45, 2.75) is 19.8 Å². The quantitative estimate of drug-likeness (QED) is 0.435. The first-order valence-electron chi connectivity index (χ1n) is 11.8. The first kappa shape index (κ1) is 24.2. The van der Waals surface area contributed by atoms with E-state index in [1.54, 1.807) is 18.6 Å². The SMILES string of the molecule is CC1=CN(C)C/C(=C\C=C(/COc2ccc3ccccc3c2)N(C)CC(C)c2cnccn2)C1=O. The Morgan fingerprint density at radius 2 is 2.00 bits per heavy atom. The van der Waals surface area contributed by atoms with Crippen LogP contribution in [0.25, 0.3) is 10.8 Å². The minimum absolute atomic E-state index is 0.0877. The van der Waals surface area contributed by atoms with E-state index in [0.29, 0.717) is 13.2 Å². The molecule has 3 aromatic rings. The van der Waals surface area contributed by atoms with E-state index in [-0.39, 0.29) is 11.7 Å². The van der Waals surface area contributed by atoms with Gasteiger partial charge in [0, 0.05) is 69.0 Å². The minimum atomic E-state index is 0.0877. The molecule has 1 aliphatic heterocycles. The van der Waals surface area contributed by atoms with Crippen molar-refractivity contribution in [1.82, 2.24) is 19.8 Å². The first-order chi connectivity index (χ1) is 16.9. The summed E-state index contributed by atoms with van der Waals surface area (Å²) in [4.78, 5) is 25.5. The maximum atomic E-state index is 12.7. The molecule has 0 amide bonds. The predicted octanol–water partition coefficient (Wildman–Crippen LogP) is 4.97. The Balaban J connectivity index is 1.56. The summed E-state index contributed by atoms with van der Waals surface area (Å²) < 4.78 is 6.22. The van der Waals surface area contributed by atoms with Crippen molar-refractivity contribution in [2.75, 3.05) is 33.8 Å². The van der Waals surface area contributed by atoms with Crippen LogP contribution >= 0.6 is 0 Å². The average molecular weight is 469 g/mol. The van der Waals surface area contributed by atoms with Crippen molar-refractivity contribution in [1.29, 1.82) is 0 Å². The maximum Gasteiger partial charge on any atom is 0.187 e. The number of carbonyl (C=O) groups is 1. The van der Waals surface area contributed by atoms with Crippen molar-refractivity contribution >= 4 is 16.6 Å². The van der Waals surface area contributed by atoms with Gasteiger partial charge in [-0.15, -0.1) is 0 Å². The van der Waals surface area contributed by atoms with Gasteiger partial charge in [0.2, 0.25) is 0 Å². The number of fused-ring (bicyclic) bond motifs is 1. The topological polar surface area (TPSA) is 58.6 Å². The molecular weight excluding hydrogens is 436 g/mol. The van der Waals surface area contributed by atoms with Crippen LogP contribution in [-0.2, 0) is 4.79 Å². The molecule has 0 N–H and O–H groups in total. The van der Waals surface area contributed by atoms with Crippen LogP contribution in [0.1, 0.15) is 25.5 Å². The van der Waals surface area contributed by atoms with E-state index in [0.717, 1.165) is 40.2 Å². The molecule has 0 saturated heterocycles. The molecule has 0 bridgehead atoms. The number of ether oxygens (including phenoxy) is 1. The van der Waals surface area contributed by atoms with Gasteiger partial charge in [-0.1, -0.05) is 43.3 Å². The number of allylic oxidation sites excluding steroid dienone is 3. The summed E-state index contributed by atoms with van der Waals surface area (Å²) in [6.07, 6.45) is 11.0. The molecule has 0 fully saturated rings. The summed E-state index contributed by atoms with van der Waals surface area (Å²) in [5.74, 6) is 1.08. The van der Waals surface area contributed by atoms with E-state index in [9.17, 15) is 4.79 Å². The molecule has 1 atom stereocenters. The smallest absolute Gasteiger partial charge is 0.187 e. The Morgan fingerprint density at radius 3 is 2.77 bits per heavy atom. The van der Waals surface area contributed by atoms with Crippen molar-refractivity contribution in [3.05, 3.63) is 102 Å². The molecule has 35 heavy (non-hydrogen) atoms. The lowest BCUT2D eigenvalue weighted by atomic mass is 10.0. The largest absolute Gasteiger partial charge is 0.487 e. The van der Waals surface area contributed by atoms with Crippen molar-refractivity contribution in [3.63, 3.8) is 0 Å². The standard InChI is InChI=1S/C29H32N4O2/c1-21(28-16-30-13-14-31-28)18-33(4)26(11-9-25-19-32(3)17-22(2)29(25)34)20-35-27-12-10-23-7-5-6-8-24(23)15-27/h5-17,21H,18-20H2,1-4H3/b25-9+,26-11+. The van der Waals surface area contributed by atoms with Crippen molar-refractivity contribution < 1.29 is 9.53 Å². The number of ketones is 1. The van der Waals surface area contributed by atoms with Crippen LogP contribution in [-0.4, -0.2) is 59.3 Å². The van der Waals surface area contributed by atoms with E-state index < -0.39 is 0 Å². The molecule has 6 heteroatoms. The highest BCUT2D eigenvalue weighted by Crippen LogP contribution is 2.22. The number of Topliss-reactive ketones (excluding diaryl/α,β-unsaturated/α-hetero) is 1. The highest BCUT2D eigenvalue weighted by Gasteiger charge is 2.19. The second kappa shape index (κ2) is 11.0. The van der Waals surface area contributed by atoms with Gasteiger partial charge in [-0.3, -0.25) is 14.8 Å². The van der Waals surface area contributed by atoms with Crippen LogP contribution in [0.3, 0.4) is 0 Å². The molecule has 0 spiro atoms. The third-order valence-corrected chi connectivity index (χ3v) is 6.19. The molecule has 6 nitrogen and oxygen atoms in total. The average Bonchev–Trinajstić information content (AvgIpc) is 2.87. The Labute approximate surface area is 207 Å². The molecule has 2 aromatic carbocycles. The molecule has 1 unspecified atom stereocenters. The van der Waals surface area contributed by atoms with E-state index >= 15 is 0 Å². The van der Waals surface area contributed by atoms with Crippen molar-refractivity contribution in [3.8, 4) is 5.75 Å². The summed E-state index contributed by atoms with van der Waals surface area (Å²) in [6, 6.07) is 14.4. The normalized spacial score (nSPS) is 16.4. The van der Waals surface area contributed by atoms with Gasteiger partial charge in [-0.25, -0.2) is 0 Å². The fraction of sp³-hybridized carbons (Fsp3) is 0.276. The Morgan fingerprint density at radius 1 is 1.20 bits per heavy atom. The minimum Gasteiger partial charge on any atom is -0.487 e. The van der Waals surface area contributed by atoms with Gasteiger partial charge in [0.05, 0.1) is 11.4 Å². The highest BCUT2D eigenvalue weighted by molar-refractivity contribution is 6.09. The van der Waals surface area contributed by atoms with Crippen LogP contribution < -0.4 is 4.74 Å². The highest BCUT2D eigenvalue weighted by atomic mass is 16.5. The number of hydrogen-bond acceptors (Lipinski definition) is 6. The van der Waals surface area contributed by atoms with Gasteiger partial charge in [-0.05, 0) is 35.9 Å². The van der Waals surface area contributed by atoms with Gasteiger partial charge in [-0.2, -0.15) is 0 Å². The fourth-order valence-electron chi connectivity index (χ4n) is 4.24. The lowest BCUT2D eigenvalue weighted by Crippen LogP contribution is -2.27. The molecule has 0 aliphatic carbocycles. The van der Waals surface area contributed by atoms with Crippen LogP contribution in [0.15, 0.2) is 96.3 Å². The monoisotopic (exact) mass is 468 g/mol. The van der Waals surface area contributed by atoms with Crippen LogP contribution in [0.4, 0.5) is 0 Å². The predicted molar refractivity (Wildman–Crippen MR) is 140 cm³/mol. The lowest BCUT2D eigenvalue weighted by molar-refractivity contribution is -0.112. The lowest BCUT2D eigenvalue weighted by Gasteiger charge is -2.26. The Kier molecular flexibility index (Phi) is 7.60. The number of likely N-dealkylation sites (N-methyl/N-ethyl adjacent to an activating group) is 2. The van der Waals surface area contributed by atoms with E-state index in [1.165, 1.54) is 5.39 Å². The Hall–Kier alpha value is -3.93. The second-order valence-electron chi connectivity index (χ2n) is 9.12. The number of nitrogens with zero attached hydrogens (tertiary/aromatic N) is 4. The fourth-order valence-corrected chi connectivity index (χ4v) is 4.24. The molecule has 1 aromatic heterocycles. The van der Waals surface area contributed by atoms with Gasteiger partial charge < -0.3 is 14.5 Å². The molecule has 4 rings (SSSR count). The molecule has 180 valence electrons. The summed E-state index contributed by atoms with van der Waals surface area (Å²) >= 11 is 0. The number of benzene rings is 2. The van der Waals surface area contributed by atoms with Crippen LogP contribution in [0.2, 0.25) is 0 Å². The Bertz CT molecular complexity index is 1280. The molecule has 1 aliphatic rings. The van der Waals surface area contributed by atoms with E-state index in [2.05, 4.69) is 46.1 Å². The number of aromatic nitrogens is 2. The zero-order valence-electron chi connectivity index (χ0n) is 20.8. The molecular formula is C29H32N4O2. The zero-order valence-corrected chi connectivity index (χ0v) is 20.8. The second-order valence-corrected chi connectivity index (χ2v) is 9.12. The van der Waals surface area contributed by atoms with E-state index in [4.69, 9.17) is 4.74 Å². The van der Waals surface area contributed by atoms with Crippen LogP contribution in [0, 0.1) is 0 Å². The molecule has 0 radical (unpaired) electrons. The van der Waals surface area contributed by atoms with Gasteiger partial charge in [0.1, 0.15) is 12.4 Å². The maximum absolute atomic E-state index is 12.7. The van der Waals surface area contributed by atoms with E-state index in [1.807, 2.05) is 62.5 Å².